The van der Waals surface area contributed by atoms with Crippen molar-refractivity contribution in [2.45, 2.75) is 0 Å². The van der Waals surface area contributed by atoms with Crippen LogP contribution >= 0.6 is 0 Å². The molecule has 21 rings (SSSR count). The van der Waals surface area contributed by atoms with Crippen molar-refractivity contribution < 1.29 is 0 Å². The number of benzene rings is 12. The van der Waals surface area contributed by atoms with E-state index in [9.17, 15) is 0 Å². The number of para-hydroxylation sites is 2. The second-order valence-electron chi connectivity index (χ2n) is 27.2. The first kappa shape index (κ1) is 63.1. The Labute approximate surface area is 621 Å². The van der Waals surface area contributed by atoms with Crippen LogP contribution in [0.5, 0.6) is 0 Å². The molecule has 0 fully saturated rings. The third-order valence-electron chi connectivity index (χ3n) is 20.7. The van der Waals surface area contributed by atoms with E-state index in [1.54, 1.807) is 0 Å². The van der Waals surface area contributed by atoms with Gasteiger partial charge in [0.05, 0.1) is 72.8 Å². The molecule has 0 aliphatic rings. The molecule has 0 aliphatic heterocycles. The van der Waals surface area contributed by atoms with E-state index in [0.29, 0.717) is 0 Å². The SMILES string of the molecule is c1ccc(-c2c3ccccc3nc3c2ccc2ccc(-c4ccc(-c5cc(-c6ccccn6)cc(-c6ccccn6)c5)c5cccnc45)nc23)cc1.c1ccc(-c2c3ccccc3nc3c2ccc2ccc(-c4ccc5c(ccc6cc(-c7cc(-c8ccccn8)cc(-c8ccccn8)c7)ccc65)c4)nc23)cc1. The molecule has 21 aromatic rings. The van der Waals surface area contributed by atoms with E-state index in [1.165, 1.54) is 38.2 Å². The van der Waals surface area contributed by atoms with E-state index in [0.717, 1.165) is 172 Å². The Morgan fingerprint density at radius 3 is 1.06 bits per heavy atom. The van der Waals surface area contributed by atoms with Crippen molar-refractivity contribution in [2.75, 3.05) is 0 Å². The van der Waals surface area contributed by atoms with E-state index in [-0.39, 0.29) is 0 Å². The summed E-state index contributed by atoms with van der Waals surface area (Å²) in [4.78, 5) is 44.7. The number of nitrogens with zero attached hydrogens (tertiary/aromatic N) is 9. The molecule has 502 valence electrons. The first-order valence-corrected chi connectivity index (χ1v) is 36.2. The summed E-state index contributed by atoms with van der Waals surface area (Å²) >= 11 is 0. The third kappa shape index (κ3) is 11.5. The zero-order valence-electron chi connectivity index (χ0n) is 58.2. The second kappa shape index (κ2) is 26.9. The first-order valence-electron chi connectivity index (χ1n) is 36.2. The van der Waals surface area contributed by atoms with Gasteiger partial charge in [0.1, 0.15) is 0 Å². The number of aromatic nitrogens is 9. The number of pyridine rings is 9. The van der Waals surface area contributed by atoms with Gasteiger partial charge in [-0.3, -0.25) is 24.9 Å². The Hall–Kier alpha value is -14.7. The zero-order valence-corrected chi connectivity index (χ0v) is 58.2. The molecule has 0 bridgehead atoms. The van der Waals surface area contributed by atoms with Crippen LogP contribution in [-0.2, 0) is 0 Å². The van der Waals surface area contributed by atoms with Crippen LogP contribution in [-0.4, -0.2) is 44.9 Å². The predicted octanol–water partition coefficient (Wildman–Crippen LogP) is 25.0. The van der Waals surface area contributed by atoms with Gasteiger partial charge in [-0.15, -0.1) is 0 Å². The first-order chi connectivity index (χ1) is 53.5. The van der Waals surface area contributed by atoms with Gasteiger partial charge in [-0.25, -0.2) is 19.9 Å². The summed E-state index contributed by atoms with van der Waals surface area (Å²) in [7, 11) is 0. The van der Waals surface area contributed by atoms with Crippen molar-refractivity contribution in [3.8, 4) is 112 Å². The largest absolute Gasteiger partial charge is 0.256 e. The molecule has 0 unspecified atom stereocenters. The van der Waals surface area contributed by atoms with Gasteiger partial charge in [0.2, 0.25) is 0 Å². The molecule has 0 N–H and O–H groups in total. The predicted molar refractivity (Wildman–Crippen MR) is 445 cm³/mol. The van der Waals surface area contributed by atoms with Crippen molar-refractivity contribution in [2.24, 2.45) is 0 Å². The minimum absolute atomic E-state index is 0.850. The van der Waals surface area contributed by atoms with E-state index in [1.807, 2.05) is 104 Å². The van der Waals surface area contributed by atoms with Gasteiger partial charge in [0.25, 0.3) is 0 Å². The molecule has 0 amide bonds. The van der Waals surface area contributed by atoms with E-state index < -0.39 is 0 Å². The highest BCUT2D eigenvalue weighted by Gasteiger charge is 2.21. The highest BCUT2D eigenvalue weighted by atomic mass is 14.8. The van der Waals surface area contributed by atoms with Crippen LogP contribution in [0.1, 0.15) is 0 Å². The van der Waals surface area contributed by atoms with Crippen molar-refractivity contribution in [3.63, 3.8) is 0 Å². The minimum Gasteiger partial charge on any atom is -0.256 e. The summed E-state index contributed by atoms with van der Waals surface area (Å²) < 4.78 is 0. The smallest absolute Gasteiger partial charge is 0.0978 e. The molecule has 108 heavy (non-hydrogen) atoms. The molecule has 0 saturated carbocycles. The average molecular weight is 1380 g/mol. The van der Waals surface area contributed by atoms with Crippen LogP contribution in [0.3, 0.4) is 0 Å². The maximum absolute atomic E-state index is 5.36. The molecule has 0 aliphatic carbocycles. The summed E-state index contributed by atoms with van der Waals surface area (Å²) in [5, 5.41) is 12.4. The van der Waals surface area contributed by atoms with Crippen LogP contribution in [0.4, 0.5) is 0 Å². The third-order valence-corrected chi connectivity index (χ3v) is 20.7. The van der Waals surface area contributed by atoms with E-state index in [4.69, 9.17) is 24.9 Å². The van der Waals surface area contributed by atoms with Gasteiger partial charge < -0.3 is 0 Å². The Morgan fingerprint density at radius 2 is 0.546 bits per heavy atom. The van der Waals surface area contributed by atoms with Gasteiger partial charge in [-0.1, -0.05) is 206 Å². The molecule has 0 atom stereocenters. The highest BCUT2D eigenvalue weighted by Crippen LogP contribution is 2.44. The molecule has 9 nitrogen and oxygen atoms in total. The zero-order chi connectivity index (χ0) is 71.4. The number of hydrogen-bond acceptors (Lipinski definition) is 9. The molecular weight excluding hydrogens is 1320 g/mol. The van der Waals surface area contributed by atoms with Crippen molar-refractivity contribution in [1.82, 2.24) is 44.9 Å². The molecule has 0 saturated heterocycles. The van der Waals surface area contributed by atoms with Gasteiger partial charge >= 0.3 is 0 Å². The lowest BCUT2D eigenvalue weighted by molar-refractivity contribution is 1.31. The molecule has 9 aromatic heterocycles. The molecule has 9 heterocycles. The average Bonchev–Trinajstić information content (AvgIpc) is 0.743. The number of rotatable bonds is 10. The normalized spacial score (nSPS) is 11.5. The van der Waals surface area contributed by atoms with Crippen LogP contribution in [0.25, 0.3) is 210 Å². The van der Waals surface area contributed by atoms with Crippen molar-refractivity contribution in [3.05, 3.63) is 371 Å². The van der Waals surface area contributed by atoms with Crippen LogP contribution in [0, 0.1) is 0 Å². The van der Waals surface area contributed by atoms with Crippen LogP contribution in [0.15, 0.2) is 371 Å². The minimum atomic E-state index is 0.850. The summed E-state index contributed by atoms with van der Waals surface area (Å²) in [5.41, 5.74) is 27.2. The van der Waals surface area contributed by atoms with Crippen molar-refractivity contribution >= 4 is 97.9 Å². The fourth-order valence-corrected chi connectivity index (χ4v) is 15.6. The van der Waals surface area contributed by atoms with Gasteiger partial charge in [0.15, 0.2) is 0 Å². The van der Waals surface area contributed by atoms with E-state index in [2.05, 4.69) is 287 Å². The quantitative estimate of drug-likeness (QED) is 0.0975. The van der Waals surface area contributed by atoms with Crippen molar-refractivity contribution in [1.29, 1.82) is 0 Å². The second-order valence-corrected chi connectivity index (χ2v) is 27.2. The molecule has 0 radical (unpaired) electrons. The summed E-state index contributed by atoms with van der Waals surface area (Å²) in [6.45, 7) is 0. The maximum Gasteiger partial charge on any atom is 0.0978 e. The molecular formula is C99H61N9. The van der Waals surface area contributed by atoms with Crippen LogP contribution < -0.4 is 0 Å². The maximum atomic E-state index is 5.36. The topological polar surface area (TPSA) is 116 Å². The Balaban J connectivity index is 0.000000143. The standard InChI is InChI=1S/C52H32N4.C47H29N5/c1-2-10-33(11-3-1)50-44-12-4-5-15-49(44)56-52-45(50)24-18-34-21-25-48(55-51(34)52)38-20-23-43-37(29-38)17-16-36-28-35(19-22-42(36)43)39-30-40(46-13-6-8-26-53-46)32-41(31-39)47-14-7-9-27-54-47;1-2-11-30(12-3-1)44-37-13-4-5-17-42(37)52-47-39(44)20-18-31-19-23-43(51-45(31)47)38-22-21-35(36-14-10-26-50-46(36)38)32-27-33(40-15-6-8-24-48-40)29-34(28-32)41-16-7-9-25-49-41/h1-32H;1-29H. The fraction of sp³-hybridized carbons (Fsp3) is 0. The van der Waals surface area contributed by atoms with Gasteiger partial charge in [-0.05, 0) is 188 Å². The monoisotopic (exact) mass is 1380 g/mol. The van der Waals surface area contributed by atoms with Crippen LogP contribution in [0.2, 0.25) is 0 Å². The summed E-state index contributed by atoms with van der Waals surface area (Å²) in [5.74, 6) is 0. The molecule has 12 aromatic carbocycles. The Kier molecular flexibility index (Phi) is 15.7. The molecule has 9 heteroatoms. The fourth-order valence-electron chi connectivity index (χ4n) is 15.6. The lowest BCUT2D eigenvalue weighted by Crippen LogP contribution is -1.94. The van der Waals surface area contributed by atoms with E-state index >= 15 is 0 Å². The number of hydrogen-bond donors (Lipinski definition) is 0. The van der Waals surface area contributed by atoms with Gasteiger partial charge in [0, 0.05) is 113 Å². The Bertz CT molecular complexity index is 6970. The number of fused-ring (bicyclic) bond motifs is 12. The Morgan fingerprint density at radius 1 is 0.157 bits per heavy atom. The lowest BCUT2D eigenvalue weighted by Gasteiger charge is -2.15. The highest BCUT2D eigenvalue weighted by molar-refractivity contribution is 6.18. The summed E-state index contributed by atoms with van der Waals surface area (Å²) in [6, 6.07) is 119. The molecule has 0 spiro atoms. The van der Waals surface area contributed by atoms with Gasteiger partial charge in [-0.2, -0.15) is 0 Å². The summed E-state index contributed by atoms with van der Waals surface area (Å²) in [6.07, 6.45) is 9.20. The lowest BCUT2D eigenvalue weighted by atomic mass is 9.92.